The molecular weight excluding hydrogens is 268 g/mol. The van der Waals surface area contributed by atoms with Gasteiger partial charge in [-0.25, -0.2) is 4.79 Å². The molecule has 0 spiro atoms. The number of carbonyl (C=O) groups is 1. The lowest BCUT2D eigenvalue weighted by molar-refractivity contribution is -0.00874. The first-order chi connectivity index (χ1) is 10.1. The van der Waals surface area contributed by atoms with Crippen LogP contribution in [0.25, 0.3) is 0 Å². The molecule has 2 N–H and O–H groups in total. The average Bonchev–Trinajstić information content (AvgIpc) is 2.53. The van der Waals surface area contributed by atoms with E-state index in [0.717, 1.165) is 31.9 Å². The number of morpholine rings is 1. The molecule has 0 unspecified atom stereocenters. The average molecular weight is 292 g/mol. The van der Waals surface area contributed by atoms with Gasteiger partial charge in [0.05, 0.1) is 13.2 Å². The second-order valence-electron chi connectivity index (χ2n) is 5.81. The van der Waals surface area contributed by atoms with Crippen molar-refractivity contribution in [3.8, 4) is 0 Å². The number of nitrogens with zero attached hydrogens (tertiary/aromatic N) is 2. The molecule has 1 aliphatic heterocycles. The monoisotopic (exact) mass is 292 g/mol. The lowest BCUT2D eigenvalue weighted by Crippen LogP contribution is -2.56. The highest BCUT2D eigenvalue weighted by molar-refractivity contribution is 5.73. The van der Waals surface area contributed by atoms with E-state index in [9.17, 15) is 4.79 Å². The van der Waals surface area contributed by atoms with Gasteiger partial charge >= 0.3 is 6.03 Å². The second-order valence-corrected chi connectivity index (χ2v) is 5.81. The molecule has 0 aliphatic carbocycles. The predicted molar refractivity (Wildman–Crippen MR) is 80.9 cm³/mol. The summed E-state index contributed by atoms with van der Waals surface area (Å²) in [7, 11) is 0. The van der Waals surface area contributed by atoms with Crippen LogP contribution in [0.15, 0.2) is 24.5 Å². The van der Waals surface area contributed by atoms with E-state index in [2.05, 4.69) is 34.4 Å². The van der Waals surface area contributed by atoms with Gasteiger partial charge in [-0.05, 0) is 25.5 Å². The van der Waals surface area contributed by atoms with Crippen LogP contribution in [-0.4, -0.2) is 54.3 Å². The number of amides is 2. The summed E-state index contributed by atoms with van der Waals surface area (Å²) in [5.74, 6) is 0. The Hall–Kier alpha value is -1.66. The number of urea groups is 1. The third-order valence-corrected chi connectivity index (χ3v) is 3.72. The van der Waals surface area contributed by atoms with Crippen LogP contribution >= 0.6 is 0 Å². The molecule has 1 aromatic heterocycles. The maximum atomic E-state index is 11.9. The van der Waals surface area contributed by atoms with Gasteiger partial charge in [0.1, 0.15) is 0 Å². The third-order valence-electron chi connectivity index (χ3n) is 3.72. The molecule has 21 heavy (non-hydrogen) atoms. The van der Waals surface area contributed by atoms with Crippen LogP contribution in [0.4, 0.5) is 4.79 Å². The molecule has 6 heteroatoms. The highest BCUT2D eigenvalue weighted by Crippen LogP contribution is 2.14. The van der Waals surface area contributed by atoms with Gasteiger partial charge in [-0.3, -0.25) is 9.88 Å². The Kier molecular flexibility index (Phi) is 5.52. The van der Waals surface area contributed by atoms with Crippen molar-refractivity contribution in [2.24, 2.45) is 0 Å². The maximum absolute atomic E-state index is 11.9. The van der Waals surface area contributed by atoms with Gasteiger partial charge < -0.3 is 15.4 Å². The lowest BCUT2D eigenvalue weighted by Gasteiger charge is -2.40. The van der Waals surface area contributed by atoms with E-state index in [1.54, 1.807) is 12.4 Å². The van der Waals surface area contributed by atoms with Gasteiger partial charge in [-0.1, -0.05) is 6.07 Å². The van der Waals surface area contributed by atoms with E-state index < -0.39 is 0 Å². The first-order valence-corrected chi connectivity index (χ1v) is 7.31. The molecule has 0 saturated carbocycles. The molecule has 2 heterocycles. The van der Waals surface area contributed by atoms with E-state index in [-0.39, 0.29) is 11.6 Å². The van der Waals surface area contributed by atoms with Crippen molar-refractivity contribution in [3.05, 3.63) is 30.1 Å². The Morgan fingerprint density at radius 1 is 1.38 bits per heavy atom. The first-order valence-electron chi connectivity index (χ1n) is 7.31. The van der Waals surface area contributed by atoms with Gasteiger partial charge in [0.2, 0.25) is 0 Å². The SMILES string of the molecule is CC(C)(CNC(=O)NCc1cccnc1)N1CCOCC1. The van der Waals surface area contributed by atoms with Crippen LogP contribution < -0.4 is 10.6 Å². The first kappa shape index (κ1) is 15.7. The van der Waals surface area contributed by atoms with E-state index in [4.69, 9.17) is 4.74 Å². The van der Waals surface area contributed by atoms with Crippen LogP contribution in [0.5, 0.6) is 0 Å². The second kappa shape index (κ2) is 7.38. The zero-order valence-corrected chi connectivity index (χ0v) is 12.8. The van der Waals surface area contributed by atoms with Crippen molar-refractivity contribution in [1.29, 1.82) is 0 Å². The number of aromatic nitrogens is 1. The van der Waals surface area contributed by atoms with Crippen LogP contribution in [0.3, 0.4) is 0 Å². The molecule has 0 bridgehead atoms. The van der Waals surface area contributed by atoms with Crippen molar-refractivity contribution in [3.63, 3.8) is 0 Å². The molecule has 0 atom stereocenters. The summed E-state index contributed by atoms with van der Waals surface area (Å²) in [6.45, 7) is 8.70. The molecule has 2 rings (SSSR count). The smallest absolute Gasteiger partial charge is 0.315 e. The van der Waals surface area contributed by atoms with Crippen LogP contribution in [-0.2, 0) is 11.3 Å². The van der Waals surface area contributed by atoms with Gasteiger partial charge in [0.25, 0.3) is 0 Å². The Labute approximate surface area is 125 Å². The molecule has 1 fully saturated rings. The fourth-order valence-corrected chi connectivity index (χ4v) is 2.32. The van der Waals surface area contributed by atoms with Crippen LogP contribution in [0, 0.1) is 0 Å². The third kappa shape index (κ3) is 4.99. The van der Waals surface area contributed by atoms with Crippen LogP contribution in [0.2, 0.25) is 0 Å². The Morgan fingerprint density at radius 3 is 2.81 bits per heavy atom. The standard InChI is InChI=1S/C15H24N4O2/c1-15(2,19-6-8-21-9-7-19)12-18-14(20)17-11-13-4-3-5-16-10-13/h3-5,10H,6-9,11-12H2,1-2H3,(H2,17,18,20). The van der Waals surface area contributed by atoms with Crippen molar-refractivity contribution in [2.45, 2.75) is 25.9 Å². The molecule has 1 aliphatic rings. The zero-order chi connectivity index (χ0) is 15.1. The number of pyridine rings is 1. The molecule has 6 nitrogen and oxygen atoms in total. The Bertz CT molecular complexity index is 444. The molecule has 2 amide bonds. The van der Waals surface area contributed by atoms with Gasteiger partial charge in [-0.2, -0.15) is 0 Å². The largest absolute Gasteiger partial charge is 0.379 e. The number of rotatable bonds is 5. The molecule has 0 aromatic carbocycles. The summed E-state index contributed by atoms with van der Waals surface area (Å²) in [6, 6.07) is 3.64. The zero-order valence-electron chi connectivity index (χ0n) is 12.8. The number of hydrogen-bond acceptors (Lipinski definition) is 4. The molecular formula is C15H24N4O2. The van der Waals surface area contributed by atoms with Gasteiger partial charge in [0.15, 0.2) is 0 Å². The molecule has 0 radical (unpaired) electrons. The number of hydrogen-bond donors (Lipinski definition) is 2. The van der Waals surface area contributed by atoms with Crippen LogP contribution in [0.1, 0.15) is 19.4 Å². The highest BCUT2D eigenvalue weighted by Gasteiger charge is 2.28. The van der Waals surface area contributed by atoms with E-state index in [1.807, 2.05) is 12.1 Å². The summed E-state index contributed by atoms with van der Waals surface area (Å²) in [4.78, 5) is 18.2. The highest BCUT2D eigenvalue weighted by atomic mass is 16.5. The minimum atomic E-state index is -0.153. The minimum absolute atomic E-state index is 0.0740. The summed E-state index contributed by atoms with van der Waals surface area (Å²) in [5.41, 5.74) is 0.912. The fourth-order valence-electron chi connectivity index (χ4n) is 2.32. The van der Waals surface area contributed by atoms with Crippen molar-refractivity contribution >= 4 is 6.03 Å². The van der Waals surface area contributed by atoms with Crippen molar-refractivity contribution in [1.82, 2.24) is 20.5 Å². The van der Waals surface area contributed by atoms with E-state index in [0.29, 0.717) is 13.1 Å². The number of nitrogens with one attached hydrogen (secondary N) is 2. The normalized spacial score (nSPS) is 16.5. The van der Waals surface area contributed by atoms with Crippen molar-refractivity contribution in [2.75, 3.05) is 32.8 Å². The number of ether oxygens (including phenoxy) is 1. The Balaban J connectivity index is 1.72. The molecule has 1 saturated heterocycles. The predicted octanol–water partition coefficient (Wildman–Crippen LogP) is 0.992. The van der Waals surface area contributed by atoms with E-state index in [1.165, 1.54) is 0 Å². The molecule has 116 valence electrons. The van der Waals surface area contributed by atoms with Gasteiger partial charge in [0, 0.05) is 44.1 Å². The minimum Gasteiger partial charge on any atom is -0.379 e. The lowest BCUT2D eigenvalue weighted by atomic mass is 10.0. The van der Waals surface area contributed by atoms with Gasteiger partial charge in [-0.15, -0.1) is 0 Å². The summed E-state index contributed by atoms with van der Waals surface area (Å²) in [5, 5.41) is 5.78. The maximum Gasteiger partial charge on any atom is 0.315 e. The Morgan fingerprint density at radius 2 is 2.14 bits per heavy atom. The fraction of sp³-hybridized carbons (Fsp3) is 0.600. The van der Waals surface area contributed by atoms with E-state index >= 15 is 0 Å². The summed E-state index contributed by atoms with van der Waals surface area (Å²) >= 11 is 0. The van der Waals surface area contributed by atoms with Crippen molar-refractivity contribution < 1.29 is 9.53 Å². The topological polar surface area (TPSA) is 66.5 Å². The summed E-state index contributed by atoms with van der Waals surface area (Å²) in [6.07, 6.45) is 3.46. The summed E-state index contributed by atoms with van der Waals surface area (Å²) < 4.78 is 5.36. The molecule has 1 aromatic rings. The number of carbonyl (C=O) groups excluding carboxylic acids is 1. The quantitative estimate of drug-likeness (QED) is 0.849.